The van der Waals surface area contributed by atoms with Crippen molar-refractivity contribution in [2.75, 3.05) is 12.2 Å². The molecule has 27 heavy (non-hydrogen) atoms. The molecule has 2 aromatic carbocycles. The fraction of sp³-hybridized carbons (Fsp3) is 0.0667. The minimum Gasteiger partial charge on any atom is -0.454 e. The molecule has 11 nitrogen and oxygen atoms in total. The van der Waals surface area contributed by atoms with Crippen molar-refractivity contribution in [1.82, 2.24) is 20.2 Å². The van der Waals surface area contributed by atoms with Gasteiger partial charge in [-0.15, -0.1) is 5.10 Å². The van der Waals surface area contributed by atoms with Gasteiger partial charge in [0.15, 0.2) is 11.5 Å². The first-order valence-electron chi connectivity index (χ1n) is 7.52. The highest BCUT2D eigenvalue weighted by Gasteiger charge is 2.17. The average Bonchev–Trinajstić information content (AvgIpc) is 3.33. The number of rotatable bonds is 5. The first-order valence-corrected chi connectivity index (χ1v) is 8.31. The molecule has 1 aromatic heterocycles. The topological polar surface area (TPSA) is 130 Å². The van der Waals surface area contributed by atoms with Crippen LogP contribution in [0.2, 0.25) is 0 Å². The summed E-state index contributed by atoms with van der Waals surface area (Å²) in [6.07, 6.45) is 2.87. The van der Waals surface area contributed by atoms with Crippen molar-refractivity contribution in [2.24, 2.45) is 5.10 Å². The maximum Gasteiger partial charge on any atom is 0.296 e. The number of benzene rings is 2. The molecule has 0 spiro atoms. The zero-order valence-corrected chi connectivity index (χ0v) is 15.0. The van der Waals surface area contributed by atoms with Gasteiger partial charge in [-0.1, -0.05) is 0 Å². The van der Waals surface area contributed by atoms with E-state index in [0.29, 0.717) is 17.2 Å². The number of hydrogen-bond acceptors (Lipinski definition) is 9. The lowest BCUT2D eigenvalue weighted by Gasteiger charge is -2.05. The van der Waals surface area contributed by atoms with E-state index in [2.05, 4.69) is 42.0 Å². The highest BCUT2D eigenvalue weighted by Crippen LogP contribution is 2.36. The predicted octanol–water partition coefficient (Wildman–Crippen LogP) is 2.51. The number of anilines is 1. The van der Waals surface area contributed by atoms with E-state index in [0.717, 1.165) is 10.0 Å². The van der Waals surface area contributed by atoms with Gasteiger partial charge in [-0.05, 0) is 50.6 Å². The lowest BCUT2D eigenvalue weighted by Crippen LogP contribution is -2.01. The van der Waals surface area contributed by atoms with Crippen molar-refractivity contribution in [2.45, 2.75) is 0 Å². The number of nitrogens with one attached hydrogen (secondary N) is 1. The van der Waals surface area contributed by atoms with Gasteiger partial charge in [0.2, 0.25) is 6.79 Å². The number of halogens is 1. The van der Waals surface area contributed by atoms with Crippen molar-refractivity contribution >= 4 is 33.5 Å². The highest BCUT2D eigenvalue weighted by molar-refractivity contribution is 9.10. The van der Waals surface area contributed by atoms with E-state index in [1.807, 2.05) is 0 Å². The number of tetrazole rings is 1. The summed E-state index contributed by atoms with van der Waals surface area (Å²) in [7, 11) is 0. The number of fused-ring (bicyclic) bond motifs is 1. The minimum absolute atomic E-state index is 0.162. The molecule has 12 heteroatoms. The third kappa shape index (κ3) is 3.42. The smallest absolute Gasteiger partial charge is 0.296 e. The molecule has 0 radical (unpaired) electrons. The van der Waals surface area contributed by atoms with Gasteiger partial charge < -0.3 is 9.47 Å². The van der Waals surface area contributed by atoms with Gasteiger partial charge in [0.25, 0.3) is 5.69 Å². The number of hydrazone groups is 1. The summed E-state index contributed by atoms with van der Waals surface area (Å²) < 4.78 is 12.7. The second-order valence-corrected chi connectivity index (χ2v) is 6.16. The van der Waals surface area contributed by atoms with Crippen LogP contribution in [-0.2, 0) is 0 Å². The molecule has 4 rings (SSSR count). The summed E-state index contributed by atoms with van der Waals surface area (Å²) >= 11 is 3.42. The van der Waals surface area contributed by atoms with E-state index in [9.17, 15) is 10.1 Å². The maximum atomic E-state index is 11.4. The molecule has 3 aromatic rings. The second kappa shape index (κ2) is 6.99. The van der Waals surface area contributed by atoms with Crippen LogP contribution in [0.1, 0.15) is 5.56 Å². The van der Waals surface area contributed by atoms with E-state index in [1.165, 1.54) is 29.4 Å². The molecule has 1 aliphatic rings. The Morgan fingerprint density at radius 2 is 2.11 bits per heavy atom. The third-order valence-electron chi connectivity index (χ3n) is 3.67. The summed E-state index contributed by atoms with van der Waals surface area (Å²) in [4.78, 5) is 10.9. The van der Waals surface area contributed by atoms with Gasteiger partial charge in [0.1, 0.15) is 12.0 Å². The molecule has 0 atom stereocenters. The van der Waals surface area contributed by atoms with Crippen molar-refractivity contribution in [1.29, 1.82) is 0 Å². The van der Waals surface area contributed by atoms with Gasteiger partial charge in [0.05, 0.1) is 16.8 Å². The molecule has 0 saturated carbocycles. The Morgan fingerprint density at radius 1 is 1.30 bits per heavy atom. The van der Waals surface area contributed by atoms with Crippen LogP contribution in [0.25, 0.3) is 5.69 Å². The van der Waals surface area contributed by atoms with E-state index < -0.39 is 4.92 Å². The lowest BCUT2D eigenvalue weighted by atomic mass is 10.2. The zero-order chi connectivity index (χ0) is 18.8. The SMILES string of the molecule is O=[N+]([O-])c1cc(-n2cnnn2)ccc1N/N=C/c1cc2c(cc1Br)OCO2. The molecule has 136 valence electrons. The molecular weight excluding hydrogens is 422 g/mol. The maximum absolute atomic E-state index is 11.4. The summed E-state index contributed by atoms with van der Waals surface area (Å²) in [5.41, 5.74) is 3.93. The Morgan fingerprint density at radius 3 is 2.85 bits per heavy atom. The van der Waals surface area contributed by atoms with Crippen LogP contribution in [0.15, 0.2) is 46.2 Å². The van der Waals surface area contributed by atoms with Crippen molar-refractivity contribution in [3.8, 4) is 17.2 Å². The van der Waals surface area contributed by atoms with Crippen molar-refractivity contribution in [3.63, 3.8) is 0 Å². The summed E-state index contributed by atoms with van der Waals surface area (Å²) in [6.45, 7) is 0.167. The number of nitro groups is 1. The van der Waals surface area contributed by atoms with Crippen LogP contribution < -0.4 is 14.9 Å². The van der Waals surface area contributed by atoms with Gasteiger partial charge in [-0.25, -0.2) is 4.68 Å². The van der Waals surface area contributed by atoms with E-state index in [-0.39, 0.29) is 18.2 Å². The molecule has 1 N–H and O–H groups in total. The third-order valence-corrected chi connectivity index (χ3v) is 4.36. The molecule has 1 aliphatic heterocycles. The molecule has 2 heterocycles. The molecule has 0 saturated heterocycles. The summed E-state index contributed by atoms with van der Waals surface area (Å²) in [5.74, 6) is 1.25. The van der Waals surface area contributed by atoms with Gasteiger partial charge in [-0.2, -0.15) is 5.10 Å². The number of nitro benzene ring substituents is 1. The standard InChI is InChI=1S/C15H10BrN7O4/c16-11-5-15-14(26-8-27-15)3-9(11)6-17-19-12-2-1-10(4-13(12)23(24)25)22-7-18-20-21-22/h1-7,19H,8H2/b17-6+. The molecule has 0 unspecified atom stereocenters. The van der Waals surface area contributed by atoms with Crippen molar-refractivity contribution < 1.29 is 14.4 Å². The summed E-state index contributed by atoms with van der Waals surface area (Å²) in [5, 5.41) is 26.2. The quantitative estimate of drug-likeness (QED) is 0.370. The lowest BCUT2D eigenvalue weighted by molar-refractivity contribution is -0.383. The largest absolute Gasteiger partial charge is 0.454 e. The highest BCUT2D eigenvalue weighted by atomic mass is 79.9. The normalized spacial score (nSPS) is 12.5. The van der Waals surface area contributed by atoms with Gasteiger partial charge in [-0.3, -0.25) is 15.5 Å². The number of ether oxygens (including phenoxy) is 2. The second-order valence-electron chi connectivity index (χ2n) is 5.31. The number of nitrogens with zero attached hydrogens (tertiary/aromatic N) is 6. The van der Waals surface area contributed by atoms with Crippen LogP contribution >= 0.6 is 15.9 Å². The first kappa shape index (κ1) is 16.9. The Bertz CT molecular complexity index is 1040. The van der Waals surface area contributed by atoms with Gasteiger partial charge in [0, 0.05) is 16.1 Å². The molecule has 0 amide bonds. The fourth-order valence-corrected chi connectivity index (χ4v) is 2.82. The Balaban J connectivity index is 1.58. The number of hydrogen-bond donors (Lipinski definition) is 1. The first-order chi connectivity index (χ1) is 13.1. The van der Waals surface area contributed by atoms with Gasteiger partial charge >= 0.3 is 0 Å². The molecule has 0 aliphatic carbocycles. The minimum atomic E-state index is -0.512. The van der Waals surface area contributed by atoms with E-state index in [4.69, 9.17) is 9.47 Å². The van der Waals surface area contributed by atoms with E-state index in [1.54, 1.807) is 18.2 Å². The van der Waals surface area contributed by atoms with Crippen LogP contribution in [0.3, 0.4) is 0 Å². The monoisotopic (exact) mass is 431 g/mol. The Kier molecular flexibility index (Phi) is 4.38. The molecule has 0 bridgehead atoms. The molecular formula is C15H10BrN7O4. The average molecular weight is 432 g/mol. The van der Waals surface area contributed by atoms with Crippen LogP contribution in [-0.4, -0.2) is 38.1 Å². The van der Waals surface area contributed by atoms with Crippen LogP contribution in [0.4, 0.5) is 11.4 Å². The fourth-order valence-electron chi connectivity index (χ4n) is 2.39. The number of aromatic nitrogens is 4. The van der Waals surface area contributed by atoms with Crippen LogP contribution in [0.5, 0.6) is 11.5 Å². The zero-order valence-electron chi connectivity index (χ0n) is 13.4. The predicted molar refractivity (Wildman–Crippen MR) is 97.3 cm³/mol. The van der Waals surface area contributed by atoms with Crippen molar-refractivity contribution in [3.05, 3.63) is 56.8 Å². The molecule has 0 fully saturated rings. The van der Waals surface area contributed by atoms with Crippen LogP contribution in [0, 0.1) is 10.1 Å². The Hall–Kier alpha value is -3.54. The Labute approximate surface area is 159 Å². The summed E-state index contributed by atoms with van der Waals surface area (Å²) in [6, 6.07) is 8.05. The van der Waals surface area contributed by atoms with E-state index >= 15 is 0 Å².